The van der Waals surface area contributed by atoms with E-state index in [2.05, 4.69) is 35.2 Å². The number of aryl methyl sites for hydroxylation is 1. The molecule has 1 heterocycles. The van der Waals surface area contributed by atoms with Crippen molar-refractivity contribution in [1.29, 1.82) is 0 Å². The molecule has 2 aromatic rings. The van der Waals surface area contributed by atoms with Crippen molar-refractivity contribution >= 4 is 17.2 Å². The fourth-order valence-corrected chi connectivity index (χ4v) is 6.72. The number of hydrogen-bond donors (Lipinski definition) is 1. The third-order valence-electron chi connectivity index (χ3n) is 8.59. The van der Waals surface area contributed by atoms with Gasteiger partial charge in [-0.2, -0.15) is 0 Å². The lowest BCUT2D eigenvalue weighted by molar-refractivity contribution is -0.141. The summed E-state index contributed by atoms with van der Waals surface area (Å²) in [5, 5.41) is 9.56. The standard InChI is InChI=1S/C31H39NO4/c1-35-31(36-2)23-16-18-32(19-17-23)26-13-10-22(11-14-26)29-27(21-6-3-4-7-21)9-5-8-24-20-25(30(33)34)12-15-28(24)29/h10-15,20-21,23,31H,3-9,16-19H2,1-2H3,(H,33,34). The highest BCUT2D eigenvalue weighted by atomic mass is 16.7. The molecule has 3 aliphatic rings. The van der Waals surface area contributed by atoms with E-state index in [1.807, 2.05) is 6.07 Å². The molecule has 1 aliphatic heterocycles. The average molecular weight is 490 g/mol. The molecule has 2 aliphatic carbocycles. The number of piperidine rings is 1. The van der Waals surface area contributed by atoms with Crippen molar-refractivity contribution in [3.8, 4) is 0 Å². The molecule has 0 aromatic heterocycles. The van der Waals surface area contributed by atoms with Crippen LogP contribution in [0.15, 0.2) is 48.0 Å². The molecule has 2 fully saturated rings. The van der Waals surface area contributed by atoms with Gasteiger partial charge in [0, 0.05) is 38.9 Å². The smallest absolute Gasteiger partial charge is 0.335 e. The van der Waals surface area contributed by atoms with Gasteiger partial charge >= 0.3 is 5.97 Å². The fraction of sp³-hybridized carbons (Fsp3) is 0.516. The van der Waals surface area contributed by atoms with E-state index in [0.29, 0.717) is 17.4 Å². The molecule has 0 radical (unpaired) electrons. The summed E-state index contributed by atoms with van der Waals surface area (Å²) in [4.78, 5) is 14.1. The van der Waals surface area contributed by atoms with Gasteiger partial charge in [-0.15, -0.1) is 0 Å². The van der Waals surface area contributed by atoms with E-state index in [0.717, 1.165) is 45.2 Å². The van der Waals surface area contributed by atoms with Crippen LogP contribution in [-0.2, 0) is 15.9 Å². The van der Waals surface area contributed by atoms with Gasteiger partial charge < -0.3 is 19.5 Å². The van der Waals surface area contributed by atoms with E-state index in [1.54, 1.807) is 25.9 Å². The number of methoxy groups -OCH3 is 2. The molecular formula is C31H39NO4. The van der Waals surface area contributed by atoms with Crippen LogP contribution in [0.5, 0.6) is 0 Å². The Bertz CT molecular complexity index is 1090. The first kappa shape index (κ1) is 25.0. The Labute approximate surface area is 215 Å². The van der Waals surface area contributed by atoms with Crippen LogP contribution in [0.4, 0.5) is 5.69 Å². The summed E-state index contributed by atoms with van der Waals surface area (Å²) in [5.74, 6) is 0.241. The first-order valence-corrected chi connectivity index (χ1v) is 13.6. The topological polar surface area (TPSA) is 59.0 Å². The maximum absolute atomic E-state index is 11.6. The lowest BCUT2D eigenvalue weighted by Crippen LogP contribution is -2.39. The minimum atomic E-state index is -0.848. The van der Waals surface area contributed by atoms with Crippen LogP contribution in [0.25, 0.3) is 5.57 Å². The van der Waals surface area contributed by atoms with Gasteiger partial charge in [0.15, 0.2) is 6.29 Å². The van der Waals surface area contributed by atoms with Gasteiger partial charge in [0.1, 0.15) is 0 Å². The predicted octanol–water partition coefficient (Wildman–Crippen LogP) is 6.55. The van der Waals surface area contributed by atoms with Crippen molar-refractivity contribution in [2.45, 2.75) is 64.1 Å². The summed E-state index contributed by atoms with van der Waals surface area (Å²) < 4.78 is 11.0. The first-order chi connectivity index (χ1) is 17.6. The zero-order valence-electron chi connectivity index (χ0n) is 21.7. The zero-order chi connectivity index (χ0) is 25.1. The quantitative estimate of drug-likeness (QED) is 0.447. The summed E-state index contributed by atoms with van der Waals surface area (Å²) >= 11 is 0. The van der Waals surface area contributed by atoms with E-state index in [-0.39, 0.29) is 6.29 Å². The number of ether oxygens (including phenoxy) is 2. The number of carboxylic acid groups (broad SMARTS) is 1. The minimum Gasteiger partial charge on any atom is -0.478 e. The predicted molar refractivity (Wildman–Crippen MR) is 144 cm³/mol. The van der Waals surface area contributed by atoms with Crippen LogP contribution in [0.1, 0.15) is 78.4 Å². The Kier molecular flexibility index (Phi) is 7.78. The SMILES string of the molecule is COC(OC)C1CCN(c2ccc(C3=C(C4CCCC4)CCCc4cc(C(=O)O)ccc43)cc2)CC1. The maximum atomic E-state index is 11.6. The van der Waals surface area contributed by atoms with Crippen molar-refractivity contribution in [3.05, 3.63) is 70.3 Å². The molecule has 1 N–H and O–H groups in total. The third-order valence-corrected chi connectivity index (χ3v) is 8.59. The Morgan fingerprint density at radius 1 is 0.917 bits per heavy atom. The number of carboxylic acids is 1. The van der Waals surface area contributed by atoms with Crippen LogP contribution in [0.2, 0.25) is 0 Å². The number of nitrogens with zero attached hydrogens (tertiary/aromatic N) is 1. The molecule has 5 rings (SSSR count). The largest absolute Gasteiger partial charge is 0.478 e. The van der Waals surface area contributed by atoms with Crippen molar-refractivity contribution in [2.24, 2.45) is 11.8 Å². The highest BCUT2D eigenvalue weighted by molar-refractivity contribution is 5.91. The first-order valence-electron chi connectivity index (χ1n) is 13.6. The molecule has 2 aromatic carbocycles. The Hall–Kier alpha value is -2.63. The van der Waals surface area contributed by atoms with Gasteiger partial charge in [-0.3, -0.25) is 0 Å². The second kappa shape index (κ2) is 11.2. The van der Waals surface area contributed by atoms with Crippen LogP contribution in [0.3, 0.4) is 0 Å². The molecule has 192 valence electrons. The second-order valence-electron chi connectivity index (χ2n) is 10.6. The number of fused-ring (bicyclic) bond motifs is 1. The van der Waals surface area contributed by atoms with Crippen LogP contribution in [0, 0.1) is 11.8 Å². The summed E-state index contributed by atoms with van der Waals surface area (Å²) in [7, 11) is 3.45. The molecule has 0 spiro atoms. The summed E-state index contributed by atoms with van der Waals surface area (Å²) in [6, 6.07) is 14.9. The summed E-state index contributed by atoms with van der Waals surface area (Å²) in [6.07, 6.45) is 10.3. The van der Waals surface area contributed by atoms with Crippen molar-refractivity contribution in [2.75, 3.05) is 32.2 Å². The van der Waals surface area contributed by atoms with Crippen LogP contribution < -0.4 is 4.90 Å². The van der Waals surface area contributed by atoms with Gasteiger partial charge in [-0.25, -0.2) is 4.79 Å². The van der Waals surface area contributed by atoms with E-state index >= 15 is 0 Å². The normalized spacial score (nSPS) is 19.6. The molecule has 0 amide bonds. The zero-order valence-corrected chi connectivity index (χ0v) is 21.7. The van der Waals surface area contributed by atoms with Crippen molar-refractivity contribution in [1.82, 2.24) is 0 Å². The van der Waals surface area contributed by atoms with Gasteiger partial charge in [0.2, 0.25) is 0 Å². The Balaban J connectivity index is 1.45. The van der Waals surface area contributed by atoms with Crippen molar-refractivity contribution < 1.29 is 19.4 Å². The lowest BCUT2D eigenvalue weighted by atomic mass is 9.84. The average Bonchev–Trinajstić information content (AvgIpc) is 3.38. The van der Waals surface area contributed by atoms with Gasteiger partial charge in [-0.1, -0.05) is 36.6 Å². The van der Waals surface area contributed by atoms with Crippen molar-refractivity contribution in [3.63, 3.8) is 0 Å². The molecule has 1 saturated heterocycles. The maximum Gasteiger partial charge on any atom is 0.335 e. The molecule has 0 unspecified atom stereocenters. The molecular weight excluding hydrogens is 450 g/mol. The van der Waals surface area contributed by atoms with E-state index in [4.69, 9.17) is 9.47 Å². The number of benzene rings is 2. The number of anilines is 1. The molecule has 5 heteroatoms. The summed E-state index contributed by atoms with van der Waals surface area (Å²) in [6.45, 7) is 2.01. The Morgan fingerprint density at radius 3 is 2.25 bits per heavy atom. The number of allylic oxidation sites excluding steroid dienone is 1. The minimum absolute atomic E-state index is 0.118. The van der Waals surface area contributed by atoms with Crippen LogP contribution in [-0.4, -0.2) is 44.7 Å². The van der Waals surface area contributed by atoms with E-state index < -0.39 is 5.97 Å². The fourth-order valence-electron chi connectivity index (χ4n) is 6.72. The lowest BCUT2D eigenvalue weighted by Gasteiger charge is -2.36. The third kappa shape index (κ3) is 5.09. The molecule has 36 heavy (non-hydrogen) atoms. The summed E-state index contributed by atoms with van der Waals surface area (Å²) in [5.41, 5.74) is 8.28. The van der Waals surface area contributed by atoms with Gasteiger partial charge in [0.05, 0.1) is 5.56 Å². The Morgan fingerprint density at radius 2 is 1.61 bits per heavy atom. The molecule has 5 nitrogen and oxygen atoms in total. The highest BCUT2D eigenvalue weighted by Crippen LogP contribution is 2.43. The second-order valence-corrected chi connectivity index (χ2v) is 10.6. The molecule has 0 bridgehead atoms. The van der Waals surface area contributed by atoms with E-state index in [1.165, 1.54) is 53.6 Å². The monoisotopic (exact) mass is 489 g/mol. The van der Waals surface area contributed by atoms with Crippen LogP contribution >= 0.6 is 0 Å². The number of rotatable bonds is 7. The highest BCUT2D eigenvalue weighted by Gasteiger charge is 2.28. The van der Waals surface area contributed by atoms with Gasteiger partial charge in [0.25, 0.3) is 0 Å². The van der Waals surface area contributed by atoms with Gasteiger partial charge in [-0.05, 0) is 97.4 Å². The number of carbonyl (C=O) groups is 1. The van der Waals surface area contributed by atoms with E-state index in [9.17, 15) is 9.90 Å². The molecule has 1 saturated carbocycles. The number of aromatic carboxylic acids is 1. The number of hydrogen-bond acceptors (Lipinski definition) is 4. The molecule has 0 atom stereocenters.